The molecule has 1 atom stereocenters. The molecule has 0 amide bonds. The van der Waals surface area contributed by atoms with Gasteiger partial charge in [-0.25, -0.2) is 4.39 Å². The molecule has 1 rings (SSSR count). The Bertz CT molecular complexity index is 423. The van der Waals surface area contributed by atoms with E-state index < -0.39 is 0 Å². The molecule has 0 aliphatic carbocycles. The minimum absolute atomic E-state index is 0.143. The summed E-state index contributed by atoms with van der Waals surface area (Å²) in [4.78, 5) is 0. The molecule has 0 bridgehead atoms. The number of hydrogen-bond donors (Lipinski definition) is 2. The summed E-state index contributed by atoms with van der Waals surface area (Å²) in [5.41, 5.74) is 2.35. The largest absolute Gasteiger partial charge is 0.310 e. The molecule has 0 unspecified atom stereocenters. The minimum atomic E-state index is -0.243. The summed E-state index contributed by atoms with van der Waals surface area (Å²) < 4.78 is 12.8. The Labute approximate surface area is 115 Å². The van der Waals surface area contributed by atoms with Crippen molar-refractivity contribution in [2.45, 2.75) is 46.0 Å². The van der Waals surface area contributed by atoms with E-state index in [4.69, 9.17) is 10.8 Å². The molecule has 0 saturated carbocycles. The van der Waals surface area contributed by atoms with E-state index in [-0.39, 0.29) is 11.7 Å². The van der Waals surface area contributed by atoms with Gasteiger partial charge in [-0.3, -0.25) is 0 Å². The molecule has 0 aromatic heterocycles. The van der Waals surface area contributed by atoms with Crippen LogP contribution in [0.2, 0.25) is 0 Å². The lowest BCUT2D eigenvalue weighted by Crippen LogP contribution is -2.19. The first kappa shape index (κ1) is 15.5. The van der Waals surface area contributed by atoms with Crippen molar-refractivity contribution in [1.29, 1.82) is 10.8 Å². The Morgan fingerprint density at radius 1 is 1.16 bits per heavy atom. The van der Waals surface area contributed by atoms with E-state index in [1.54, 1.807) is 12.1 Å². The van der Waals surface area contributed by atoms with Crippen LogP contribution in [-0.2, 0) is 6.42 Å². The van der Waals surface area contributed by atoms with Gasteiger partial charge in [-0.1, -0.05) is 32.4 Å². The monoisotopic (exact) mass is 262 g/mol. The topological polar surface area (TPSA) is 47.7 Å². The number of halogens is 1. The lowest BCUT2D eigenvalue weighted by molar-refractivity contribution is 0.627. The summed E-state index contributed by atoms with van der Waals surface area (Å²) >= 11 is 0. The zero-order valence-corrected chi connectivity index (χ0v) is 11.8. The van der Waals surface area contributed by atoms with Gasteiger partial charge in [0.1, 0.15) is 5.82 Å². The van der Waals surface area contributed by atoms with E-state index in [1.807, 2.05) is 0 Å². The second kappa shape index (κ2) is 7.82. The second-order valence-electron chi connectivity index (χ2n) is 4.99. The minimum Gasteiger partial charge on any atom is -0.310 e. The Morgan fingerprint density at radius 3 is 2.32 bits per heavy atom. The smallest absolute Gasteiger partial charge is 0.123 e. The highest BCUT2D eigenvalue weighted by Gasteiger charge is 2.15. The van der Waals surface area contributed by atoms with Crippen LogP contribution >= 0.6 is 0 Å². The first-order valence-electron chi connectivity index (χ1n) is 6.94. The maximum absolute atomic E-state index is 12.8. The first-order chi connectivity index (χ1) is 9.06. The molecule has 104 valence electrons. The predicted octanol–water partition coefficient (Wildman–Crippen LogP) is 4.62. The van der Waals surface area contributed by atoms with Crippen molar-refractivity contribution < 1.29 is 4.39 Å². The quantitative estimate of drug-likeness (QED) is 0.642. The van der Waals surface area contributed by atoms with Crippen LogP contribution in [0.15, 0.2) is 24.3 Å². The molecule has 0 aliphatic rings. The number of rotatable bonds is 8. The third-order valence-electron chi connectivity index (χ3n) is 3.34. The molecule has 2 N–H and O–H groups in total. The second-order valence-corrected chi connectivity index (χ2v) is 4.99. The third-order valence-corrected chi connectivity index (χ3v) is 3.34. The van der Waals surface area contributed by atoms with Crippen molar-refractivity contribution in [3.8, 4) is 0 Å². The fourth-order valence-electron chi connectivity index (χ4n) is 2.18. The summed E-state index contributed by atoms with van der Waals surface area (Å²) in [6, 6.07) is 6.33. The van der Waals surface area contributed by atoms with Crippen molar-refractivity contribution in [3.05, 3.63) is 35.6 Å². The van der Waals surface area contributed by atoms with Crippen molar-refractivity contribution >= 4 is 11.4 Å². The number of hydrogen-bond acceptors (Lipinski definition) is 2. The van der Waals surface area contributed by atoms with Gasteiger partial charge in [-0.15, -0.1) is 0 Å². The highest BCUT2D eigenvalue weighted by molar-refractivity contribution is 5.91. The lowest BCUT2D eigenvalue weighted by Gasteiger charge is -2.17. The molecule has 0 heterocycles. The molecule has 0 saturated heterocycles. The molecule has 0 fully saturated rings. The molecule has 0 radical (unpaired) electrons. The Hall–Kier alpha value is -1.51. The van der Waals surface area contributed by atoms with Crippen molar-refractivity contribution in [2.75, 3.05) is 0 Å². The highest BCUT2D eigenvalue weighted by atomic mass is 19.1. The molecule has 0 aliphatic heterocycles. The fraction of sp³-hybridized carbons (Fsp3) is 0.500. The molecular formula is C16H23FN2. The van der Waals surface area contributed by atoms with Gasteiger partial charge >= 0.3 is 0 Å². The van der Waals surface area contributed by atoms with Crippen LogP contribution in [0.5, 0.6) is 0 Å². The highest BCUT2D eigenvalue weighted by Crippen LogP contribution is 2.16. The summed E-state index contributed by atoms with van der Waals surface area (Å²) in [5.74, 6) is -0.101. The van der Waals surface area contributed by atoms with Crippen LogP contribution in [-0.4, -0.2) is 11.4 Å². The molecule has 0 spiro atoms. The lowest BCUT2D eigenvalue weighted by atomic mass is 9.89. The molecule has 2 nitrogen and oxygen atoms in total. The maximum Gasteiger partial charge on any atom is 0.123 e. The van der Waals surface area contributed by atoms with Gasteiger partial charge in [0.15, 0.2) is 0 Å². The van der Waals surface area contributed by atoms with Crippen molar-refractivity contribution in [2.24, 2.45) is 5.92 Å². The summed E-state index contributed by atoms with van der Waals surface area (Å²) in [5, 5.41) is 16.0. The van der Waals surface area contributed by atoms with E-state index in [0.29, 0.717) is 18.6 Å². The van der Waals surface area contributed by atoms with Gasteiger partial charge < -0.3 is 10.8 Å². The molecular weight excluding hydrogens is 239 g/mol. The van der Waals surface area contributed by atoms with Crippen LogP contribution in [0.1, 0.15) is 45.1 Å². The average molecular weight is 262 g/mol. The van der Waals surface area contributed by atoms with E-state index in [2.05, 4.69) is 13.8 Å². The maximum atomic E-state index is 12.8. The first-order valence-corrected chi connectivity index (χ1v) is 6.94. The fourth-order valence-corrected chi connectivity index (χ4v) is 2.18. The van der Waals surface area contributed by atoms with Gasteiger partial charge in [0.25, 0.3) is 0 Å². The van der Waals surface area contributed by atoms with Crippen LogP contribution in [0.4, 0.5) is 4.39 Å². The average Bonchev–Trinajstić information content (AvgIpc) is 2.39. The van der Waals surface area contributed by atoms with E-state index in [1.165, 1.54) is 12.1 Å². The van der Waals surface area contributed by atoms with Gasteiger partial charge in [-0.2, -0.15) is 0 Å². The van der Waals surface area contributed by atoms with Gasteiger partial charge in [0.05, 0.1) is 0 Å². The zero-order chi connectivity index (χ0) is 14.3. The van der Waals surface area contributed by atoms with E-state index in [9.17, 15) is 4.39 Å². The Kier molecular flexibility index (Phi) is 6.40. The van der Waals surface area contributed by atoms with Crippen molar-refractivity contribution in [3.63, 3.8) is 0 Å². The normalized spacial score (nSPS) is 12.2. The Morgan fingerprint density at radius 2 is 1.79 bits per heavy atom. The van der Waals surface area contributed by atoms with E-state index >= 15 is 0 Å². The summed E-state index contributed by atoms with van der Waals surface area (Å²) in [6.45, 7) is 4.13. The van der Waals surface area contributed by atoms with Gasteiger partial charge in [0.2, 0.25) is 0 Å². The molecule has 1 aromatic rings. The van der Waals surface area contributed by atoms with Gasteiger partial charge in [0, 0.05) is 23.8 Å². The summed E-state index contributed by atoms with van der Waals surface area (Å²) in [6.07, 6.45) is 3.93. The Balaban J connectivity index is 2.58. The number of nitrogens with one attached hydrogen (secondary N) is 2. The molecule has 3 heteroatoms. The molecule has 19 heavy (non-hydrogen) atoms. The standard InChI is InChI=1S/C16H23FN2/c1-3-5-15(18)11-13(4-2)16(19)10-12-6-8-14(17)9-7-12/h6-9,13,18-19H,3-5,10-11H2,1-2H3/t13-/m0/s1. The van der Waals surface area contributed by atoms with Crippen molar-refractivity contribution in [1.82, 2.24) is 0 Å². The SMILES string of the molecule is CCCC(=N)C[C@H](CC)C(=N)Cc1ccc(F)cc1. The zero-order valence-electron chi connectivity index (χ0n) is 11.8. The summed E-state index contributed by atoms with van der Waals surface area (Å²) in [7, 11) is 0. The number of benzene rings is 1. The molecule has 1 aromatic carbocycles. The van der Waals surface area contributed by atoms with E-state index in [0.717, 1.165) is 30.5 Å². The van der Waals surface area contributed by atoms with Crippen LogP contribution in [0.3, 0.4) is 0 Å². The van der Waals surface area contributed by atoms with Gasteiger partial charge in [-0.05, 0) is 37.0 Å². The van der Waals surface area contributed by atoms with Crippen LogP contribution in [0, 0.1) is 22.6 Å². The third kappa shape index (κ3) is 5.33. The van der Waals surface area contributed by atoms with Crippen LogP contribution < -0.4 is 0 Å². The van der Waals surface area contributed by atoms with Crippen LogP contribution in [0.25, 0.3) is 0 Å². The predicted molar refractivity (Wildman–Crippen MR) is 78.9 cm³/mol.